The maximum absolute atomic E-state index is 12.8. The number of nitrogens with one attached hydrogen (secondary N) is 1. The predicted molar refractivity (Wildman–Crippen MR) is 118 cm³/mol. The van der Waals surface area contributed by atoms with Crippen LogP contribution in [0, 0.1) is 0 Å². The molecule has 3 aromatic carbocycles. The van der Waals surface area contributed by atoms with Crippen molar-refractivity contribution < 1.29 is 13.2 Å². The van der Waals surface area contributed by atoms with Crippen LogP contribution in [0.1, 0.15) is 40.4 Å². The van der Waals surface area contributed by atoms with E-state index in [0.717, 1.165) is 19.3 Å². The quantitative estimate of drug-likeness (QED) is 0.669. The summed E-state index contributed by atoms with van der Waals surface area (Å²) in [6.07, 6.45) is 3.00. The summed E-state index contributed by atoms with van der Waals surface area (Å²) in [6.45, 7) is 0. The average molecular weight is 421 g/mol. The van der Waals surface area contributed by atoms with Crippen molar-refractivity contribution in [3.63, 3.8) is 0 Å². The molecule has 30 heavy (non-hydrogen) atoms. The Bertz CT molecular complexity index is 1140. The SMILES string of the molecule is CN(c1ccc(C(=O)N[C@@H]2CCCc3ccccc32)cc1)S(=O)(=O)c1ccccc1. The molecule has 0 fully saturated rings. The number of hydrogen-bond acceptors (Lipinski definition) is 3. The van der Waals surface area contributed by atoms with Crippen LogP contribution in [0.4, 0.5) is 5.69 Å². The average Bonchev–Trinajstić information content (AvgIpc) is 2.79. The molecule has 1 aliphatic carbocycles. The second kappa shape index (κ2) is 8.32. The summed E-state index contributed by atoms with van der Waals surface area (Å²) in [6, 6.07) is 23.2. The van der Waals surface area contributed by atoms with Gasteiger partial charge in [0.15, 0.2) is 0 Å². The second-order valence-corrected chi connectivity index (χ2v) is 9.42. The van der Waals surface area contributed by atoms with Crippen LogP contribution in [0.25, 0.3) is 0 Å². The van der Waals surface area contributed by atoms with Gasteiger partial charge in [-0.05, 0) is 66.8 Å². The fraction of sp³-hybridized carbons (Fsp3) is 0.208. The number of anilines is 1. The summed E-state index contributed by atoms with van der Waals surface area (Å²) in [4.78, 5) is 13.0. The zero-order valence-corrected chi connectivity index (χ0v) is 17.6. The zero-order chi connectivity index (χ0) is 21.1. The number of carbonyl (C=O) groups is 1. The van der Waals surface area contributed by atoms with Crippen LogP contribution in [-0.2, 0) is 16.4 Å². The third kappa shape index (κ3) is 3.96. The molecule has 0 heterocycles. The first-order valence-electron chi connectivity index (χ1n) is 9.99. The summed E-state index contributed by atoms with van der Waals surface area (Å²) >= 11 is 0. The Kier molecular flexibility index (Phi) is 5.59. The Morgan fingerprint density at radius 2 is 1.60 bits per heavy atom. The van der Waals surface area contributed by atoms with E-state index in [-0.39, 0.29) is 16.8 Å². The van der Waals surface area contributed by atoms with E-state index in [9.17, 15) is 13.2 Å². The monoisotopic (exact) mass is 420 g/mol. The molecule has 5 nitrogen and oxygen atoms in total. The van der Waals surface area contributed by atoms with Crippen molar-refractivity contribution in [3.8, 4) is 0 Å². The van der Waals surface area contributed by atoms with Gasteiger partial charge in [0.05, 0.1) is 16.6 Å². The third-order valence-electron chi connectivity index (χ3n) is 5.57. The molecule has 4 rings (SSSR count). The molecule has 1 amide bonds. The predicted octanol–water partition coefficient (Wildman–Crippen LogP) is 4.32. The molecule has 1 atom stereocenters. The van der Waals surface area contributed by atoms with E-state index in [1.165, 1.54) is 22.5 Å². The van der Waals surface area contributed by atoms with Gasteiger partial charge in [-0.25, -0.2) is 8.42 Å². The number of carbonyl (C=O) groups excluding carboxylic acids is 1. The molecule has 0 aliphatic heterocycles. The molecule has 0 saturated carbocycles. The smallest absolute Gasteiger partial charge is 0.264 e. The van der Waals surface area contributed by atoms with Crippen LogP contribution in [0.15, 0.2) is 83.8 Å². The third-order valence-corrected chi connectivity index (χ3v) is 7.37. The number of sulfonamides is 1. The van der Waals surface area contributed by atoms with E-state index >= 15 is 0 Å². The van der Waals surface area contributed by atoms with Crippen molar-refractivity contribution >= 4 is 21.6 Å². The van der Waals surface area contributed by atoms with E-state index in [1.807, 2.05) is 12.1 Å². The summed E-state index contributed by atoms with van der Waals surface area (Å²) in [5, 5.41) is 3.13. The topological polar surface area (TPSA) is 66.5 Å². The maximum Gasteiger partial charge on any atom is 0.264 e. The molecule has 6 heteroatoms. The molecule has 1 N–H and O–H groups in total. The number of amides is 1. The van der Waals surface area contributed by atoms with Crippen molar-refractivity contribution in [2.45, 2.75) is 30.2 Å². The summed E-state index contributed by atoms with van der Waals surface area (Å²) in [5.41, 5.74) is 3.48. The molecular formula is C24H24N2O3S. The molecule has 0 saturated heterocycles. The Morgan fingerprint density at radius 1 is 0.933 bits per heavy atom. The van der Waals surface area contributed by atoms with Crippen molar-refractivity contribution in [2.75, 3.05) is 11.4 Å². The number of nitrogens with zero attached hydrogens (tertiary/aromatic N) is 1. The maximum atomic E-state index is 12.8. The van der Waals surface area contributed by atoms with Crippen molar-refractivity contribution in [1.82, 2.24) is 5.32 Å². The van der Waals surface area contributed by atoms with Gasteiger partial charge in [0, 0.05) is 12.6 Å². The number of hydrogen-bond donors (Lipinski definition) is 1. The van der Waals surface area contributed by atoms with Crippen molar-refractivity contribution in [3.05, 3.63) is 95.6 Å². The van der Waals surface area contributed by atoms with Gasteiger partial charge in [-0.3, -0.25) is 9.10 Å². The lowest BCUT2D eigenvalue weighted by molar-refractivity contribution is 0.0933. The molecular weight excluding hydrogens is 396 g/mol. The highest BCUT2D eigenvalue weighted by Crippen LogP contribution is 2.30. The summed E-state index contributed by atoms with van der Waals surface area (Å²) in [7, 11) is -2.14. The standard InChI is InChI=1S/C24H24N2O3S/c1-26(30(28,29)21-10-3-2-4-11-21)20-16-14-19(15-17-20)24(27)25-23-13-7-9-18-8-5-6-12-22(18)23/h2-6,8,10-12,14-17,23H,7,9,13H2,1H3,(H,25,27)/t23-/m1/s1. The largest absolute Gasteiger partial charge is 0.345 e. The molecule has 0 spiro atoms. The van der Waals surface area contributed by atoms with Crippen molar-refractivity contribution in [2.24, 2.45) is 0 Å². The number of fused-ring (bicyclic) bond motifs is 1. The molecule has 154 valence electrons. The molecule has 1 aliphatic rings. The molecule has 3 aromatic rings. The Balaban J connectivity index is 1.49. The van der Waals surface area contributed by atoms with Crippen LogP contribution in [0.3, 0.4) is 0 Å². The normalized spacial score (nSPS) is 15.8. The lowest BCUT2D eigenvalue weighted by Gasteiger charge is -2.26. The van der Waals surface area contributed by atoms with Crippen LogP contribution < -0.4 is 9.62 Å². The van der Waals surface area contributed by atoms with Gasteiger partial charge in [-0.15, -0.1) is 0 Å². The van der Waals surface area contributed by atoms with Gasteiger partial charge >= 0.3 is 0 Å². The first-order chi connectivity index (χ1) is 14.5. The zero-order valence-electron chi connectivity index (χ0n) is 16.8. The highest BCUT2D eigenvalue weighted by molar-refractivity contribution is 7.92. The van der Waals surface area contributed by atoms with E-state index in [1.54, 1.807) is 54.6 Å². The minimum Gasteiger partial charge on any atom is -0.345 e. The van der Waals surface area contributed by atoms with E-state index in [0.29, 0.717) is 11.3 Å². The molecule has 0 bridgehead atoms. The second-order valence-electron chi connectivity index (χ2n) is 7.45. The number of benzene rings is 3. The van der Waals surface area contributed by atoms with Crippen LogP contribution >= 0.6 is 0 Å². The van der Waals surface area contributed by atoms with Gasteiger partial charge in [0.2, 0.25) is 0 Å². The minimum atomic E-state index is -3.65. The number of rotatable bonds is 5. The van der Waals surface area contributed by atoms with E-state index < -0.39 is 10.0 Å². The minimum absolute atomic E-state index is 0.00302. The highest BCUT2D eigenvalue weighted by Gasteiger charge is 2.23. The lowest BCUT2D eigenvalue weighted by atomic mass is 9.87. The van der Waals surface area contributed by atoms with Gasteiger partial charge in [0.1, 0.15) is 0 Å². The molecule has 0 radical (unpaired) electrons. The first kappa shape index (κ1) is 20.2. The Morgan fingerprint density at radius 3 is 2.33 bits per heavy atom. The Labute approximate surface area is 177 Å². The summed E-state index contributed by atoms with van der Waals surface area (Å²) < 4.78 is 26.8. The van der Waals surface area contributed by atoms with Crippen molar-refractivity contribution in [1.29, 1.82) is 0 Å². The highest BCUT2D eigenvalue weighted by atomic mass is 32.2. The summed E-state index contributed by atoms with van der Waals surface area (Å²) in [5.74, 6) is -0.156. The fourth-order valence-corrected chi connectivity index (χ4v) is 5.07. The first-order valence-corrected chi connectivity index (χ1v) is 11.4. The van der Waals surface area contributed by atoms with E-state index in [4.69, 9.17) is 0 Å². The van der Waals surface area contributed by atoms with Crippen LogP contribution in [-0.4, -0.2) is 21.4 Å². The van der Waals surface area contributed by atoms with Gasteiger partial charge in [0.25, 0.3) is 15.9 Å². The van der Waals surface area contributed by atoms with Crippen LogP contribution in [0.2, 0.25) is 0 Å². The van der Waals surface area contributed by atoms with E-state index in [2.05, 4.69) is 17.4 Å². The van der Waals surface area contributed by atoms with Gasteiger partial charge < -0.3 is 5.32 Å². The molecule has 0 aromatic heterocycles. The van der Waals surface area contributed by atoms with Gasteiger partial charge in [-0.2, -0.15) is 0 Å². The molecule has 0 unspecified atom stereocenters. The lowest BCUT2D eigenvalue weighted by Crippen LogP contribution is -2.31. The van der Waals surface area contributed by atoms with Crippen LogP contribution in [0.5, 0.6) is 0 Å². The van der Waals surface area contributed by atoms with Gasteiger partial charge in [-0.1, -0.05) is 42.5 Å². The Hall–Kier alpha value is -3.12. The number of aryl methyl sites for hydroxylation is 1. The fourth-order valence-electron chi connectivity index (χ4n) is 3.86.